The Balaban J connectivity index is 1.34. The van der Waals surface area contributed by atoms with Crippen LogP contribution in [-0.2, 0) is 0 Å². The third-order valence-electron chi connectivity index (χ3n) is 8.78. The molecule has 2 aromatic rings. The largest absolute Gasteiger partial charge is 0.206 e. The summed E-state index contributed by atoms with van der Waals surface area (Å²) in [4.78, 5) is 0. The standard InChI is InChI=1S/C32H45F/c1-3-5-7-24-9-13-26(14-10-24)27-17-19-29(20-18-27)31-22-21-30(23-32(31)33)28-15-11-25(12-16-28)8-6-4-2/h17-26,28H,3-16H2,1-2H3/t24-,25-,26-,28-. The van der Waals surface area contributed by atoms with E-state index in [1.807, 2.05) is 12.1 Å². The van der Waals surface area contributed by atoms with E-state index in [1.165, 1.54) is 101 Å². The number of rotatable bonds is 9. The Labute approximate surface area is 202 Å². The van der Waals surface area contributed by atoms with Gasteiger partial charge in [0, 0.05) is 5.56 Å². The number of unbranched alkanes of at least 4 members (excludes halogenated alkanes) is 2. The summed E-state index contributed by atoms with van der Waals surface area (Å²) in [5.41, 5.74) is 4.43. The van der Waals surface area contributed by atoms with E-state index < -0.39 is 0 Å². The third-order valence-corrected chi connectivity index (χ3v) is 8.78. The molecule has 2 aliphatic rings. The smallest absolute Gasteiger partial charge is 0.131 e. The number of benzene rings is 2. The van der Waals surface area contributed by atoms with Gasteiger partial charge in [-0.15, -0.1) is 0 Å². The minimum atomic E-state index is -0.0511. The molecule has 33 heavy (non-hydrogen) atoms. The maximum atomic E-state index is 15.1. The van der Waals surface area contributed by atoms with E-state index >= 15 is 4.39 Å². The van der Waals surface area contributed by atoms with E-state index in [0.717, 1.165) is 23.0 Å². The van der Waals surface area contributed by atoms with Crippen LogP contribution >= 0.6 is 0 Å². The molecule has 180 valence electrons. The summed E-state index contributed by atoms with van der Waals surface area (Å²) in [5, 5.41) is 0. The van der Waals surface area contributed by atoms with Gasteiger partial charge in [0.15, 0.2) is 0 Å². The van der Waals surface area contributed by atoms with Crippen LogP contribution in [0.1, 0.15) is 127 Å². The second kappa shape index (κ2) is 12.2. The zero-order valence-corrected chi connectivity index (χ0v) is 21.1. The van der Waals surface area contributed by atoms with Crippen molar-refractivity contribution in [3.63, 3.8) is 0 Å². The van der Waals surface area contributed by atoms with Crippen molar-refractivity contribution in [1.82, 2.24) is 0 Å². The highest BCUT2D eigenvalue weighted by Gasteiger charge is 2.24. The summed E-state index contributed by atoms with van der Waals surface area (Å²) in [5.74, 6) is 3.03. The molecule has 0 bridgehead atoms. The van der Waals surface area contributed by atoms with Crippen LogP contribution in [-0.4, -0.2) is 0 Å². The van der Waals surface area contributed by atoms with Crippen molar-refractivity contribution in [2.75, 3.05) is 0 Å². The summed E-state index contributed by atoms with van der Waals surface area (Å²) < 4.78 is 15.1. The van der Waals surface area contributed by atoms with Gasteiger partial charge in [-0.2, -0.15) is 0 Å². The first-order valence-electron chi connectivity index (χ1n) is 14.1. The molecule has 0 nitrogen and oxygen atoms in total. The van der Waals surface area contributed by atoms with Crippen LogP contribution in [0.5, 0.6) is 0 Å². The zero-order chi connectivity index (χ0) is 23.0. The molecule has 0 spiro atoms. The van der Waals surface area contributed by atoms with Crippen LogP contribution in [0.3, 0.4) is 0 Å². The Morgan fingerprint density at radius 1 is 0.636 bits per heavy atom. The highest BCUT2D eigenvalue weighted by molar-refractivity contribution is 5.65. The lowest BCUT2D eigenvalue weighted by atomic mass is 9.76. The molecule has 0 aliphatic heterocycles. The third kappa shape index (κ3) is 6.49. The molecule has 0 unspecified atom stereocenters. The summed E-state index contributed by atoms with van der Waals surface area (Å²) in [6.07, 6.45) is 18.6. The highest BCUT2D eigenvalue weighted by Crippen LogP contribution is 2.40. The second-order valence-electron chi connectivity index (χ2n) is 11.1. The minimum Gasteiger partial charge on any atom is -0.206 e. The fourth-order valence-electron chi connectivity index (χ4n) is 6.51. The zero-order valence-electron chi connectivity index (χ0n) is 21.1. The molecule has 0 amide bonds. The molecule has 2 aromatic carbocycles. The number of hydrogen-bond acceptors (Lipinski definition) is 0. The summed E-state index contributed by atoms with van der Waals surface area (Å²) in [7, 11) is 0. The Morgan fingerprint density at radius 3 is 1.61 bits per heavy atom. The monoisotopic (exact) mass is 448 g/mol. The van der Waals surface area contributed by atoms with Crippen LogP contribution in [0.25, 0.3) is 11.1 Å². The van der Waals surface area contributed by atoms with E-state index in [1.54, 1.807) is 0 Å². The van der Waals surface area contributed by atoms with Crippen LogP contribution in [0.2, 0.25) is 0 Å². The first-order valence-corrected chi connectivity index (χ1v) is 14.1. The van der Waals surface area contributed by atoms with Gasteiger partial charge in [-0.25, -0.2) is 4.39 Å². The predicted molar refractivity (Wildman–Crippen MR) is 140 cm³/mol. The van der Waals surface area contributed by atoms with Gasteiger partial charge in [-0.1, -0.05) is 88.8 Å². The molecule has 2 aliphatic carbocycles. The van der Waals surface area contributed by atoms with Crippen molar-refractivity contribution < 1.29 is 4.39 Å². The molecule has 2 fully saturated rings. The lowest BCUT2D eigenvalue weighted by Crippen LogP contribution is -2.13. The average Bonchev–Trinajstić information content (AvgIpc) is 2.87. The molecular formula is C32H45F. The van der Waals surface area contributed by atoms with Gasteiger partial charge < -0.3 is 0 Å². The first-order chi connectivity index (χ1) is 16.2. The summed E-state index contributed by atoms with van der Waals surface area (Å²) >= 11 is 0. The fraction of sp³-hybridized carbons (Fsp3) is 0.625. The Hall–Kier alpha value is -1.63. The van der Waals surface area contributed by atoms with Gasteiger partial charge in [0.2, 0.25) is 0 Å². The van der Waals surface area contributed by atoms with Gasteiger partial charge in [-0.05, 0) is 97.8 Å². The van der Waals surface area contributed by atoms with Gasteiger partial charge in [0.1, 0.15) is 5.82 Å². The van der Waals surface area contributed by atoms with Crippen LogP contribution in [0.15, 0.2) is 42.5 Å². The van der Waals surface area contributed by atoms with Gasteiger partial charge in [0.05, 0.1) is 0 Å². The number of halogens is 1. The first kappa shape index (κ1) is 24.5. The van der Waals surface area contributed by atoms with Crippen LogP contribution in [0.4, 0.5) is 4.39 Å². The van der Waals surface area contributed by atoms with Gasteiger partial charge >= 0.3 is 0 Å². The maximum absolute atomic E-state index is 15.1. The molecule has 4 rings (SSSR count). The topological polar surface area (TPSA) is 0 Å². The molecule has 2 saturated carbocycles. The molecular weight excluding hydrogens is 403 g/mol. The molecule has 0 N–H and O–H groups in total. The molecule has 0 saturated heterocycles. The van der Waals surface area contributed by atoms with Crippen molar-refractivity contribution in [2.24, 2.45) is 11.8 Å². The lowest BCUT2D eigenvalue weighted by molar-refractivity contribution is 0.304. The van der Waals surface area contributed by atoms with E-state index in [4.69, 9.17) is 0 Å². The van der Waals surface area contributed by atoms with Crippen LogP contribution < -0.4 is 0 Å². The van der Waals surface area contributed by atoms with E-state index in [0.29, 0.717) is 11.8 Å². The maximum Gasteiger partial charge on any atom is 0.131 e. The Morgan fingerprint density at radius 2 is 1.12 bits per heavy atom. The van der Waals surface area contributed by atoms with Gasteiger partial charge in [0.25, 0.3) is 0 Å². The fourth-order valence-corrected chi connectivity index (χ4v) is 6.51. The van der Waals surface area contributed by atoms with Crippen LogP contribution in [0, 0.1) is 17.7 Å². The normalized spacial score (nSPS) is 25.8. The molecule has 0 atom stereocenters. The predicted octanol–water partition coefficient (Wildman–Crippen LogP) is 10.4. The lowest BCUT2D eigenvalue weighted by Gasteiger charge is -2.29. The van der Waals surface area contributed by atoms with Crippen molar-refractivity contribution in [1.29, 1.82) is 0 Å². The van der Waals surface area contributed by atoms with E-state index in [9.17, 15) is 0 Å². The highest BCUT2D eigenvalue weighted by atomic mass is 19.1. The SMILES string of the molecule is CCCC[C@H]1CC[C@H](c2ccc(-c3ccc([C@H]4CC[C@H](CCCC)CC4)cc3F)cc2)CC1. The van der Waals surface area contributed by atoms with E-state index in [2.05, 4.69) is 44.2 Å². The Bertz CT molecular complexity index is 835. The van der Waals surface area contributed by atoms with E-state index in [-0.39, 0.29) is 5.82 Å². The number of hydrogen-bond donors (Lipinski definition) is 0. The second-order valence-corrected chi connectivity index (χ2v) is 11.1. The van der Waals surface area contributed by atoms with Gasteiger partial charge in [-0.3, -0.25) is 0 Å². The summed E-state index contributed by atoms with van der Waals surface area (Å²) in [6.45, 7) is 4.58. The molecule has 1 heteroatoms. The summed E-state index contributed by atoms with van der Waals surface area (Å²) in [6, 6.07) is 14.9. The molecule has 0 radical (unpaired) electrons. The minimum absolute atomic E-state index is 0.0511. The van der Waals surface area contributed by atoms with Crippen molar-refractivity contribution in [2.45, 2.75) is 116 Å². The van der Waals surface area contributed by atoms with Crippen molar-refractivity contribution in [3.05, 3.63) is 59.4 Å². The Kier molecular flexibility index (Phi) is 9.04. The molecule has 0 aromatic heterocycles. The quantitative estimate of drug-likeness (QED) is 0.358. The average molecular weight is 449 g/mol. The van der Waals surface area contributed by atoms with Crippen molar-refractivity contribution in [3.8, 4) is 11.1 Å². The van der Waals surface area contributed by atoms with Crippen molar-refractivity contribution >= 4 is 0 Å². The molecule has 0 heterocycles.